The van der Waals surface area contributed by atoms with Crippen molar-refractivity contribution in [2.45, 2.75) is 6.18 Å². The summed E-state index contributed by atoms with van der Waals surface area (Å²) < 4.78 is 37.5. The van der Waals surface area contributed by atoms with Crippen LogP contribution in [0.1, 0.15) is 5.56 Å². The van der Waals surface area contributed by atoms with E-state index in [1.165, 1.54) is 12.3 Å². The summed E-state index contributed by atoms with van der Waals surface area (Å²) in [5.41, 5.74) is 4.83. The molecule has 1 heterocycles. The summed E-state index contributed by atoms with van der Waals surface area (Å²) in [5, 5.41) is 0.470. The lowest BCUT2D eigenvalue weighted by molar-refractivity contribution is -0.136. The summed E-state index contributed by atoms with van der Waals surface area (Å²) in [4.78, 5) is 2.55. The van der Waals surface area contributed by atoms with Crippen LogP contribution in [0, 0.1) is 0 Å². The first kappa shape index (κ1) is 8.93. The lowest BCUT2D eigenvalue weighted by Gasteiger charge is -2.08. The van der Waals surface area contributed by atoms with Crippen molar-refractivity contribution < 1.29 is 13.2 Å². The van der Waals surface area contributed by atoms with Crippen molar-refractivity contribution in [3.63, 3.8) is 0 Å². The van der Waals surface area contributed by atoms with E-state index in [-0.39, 0.29) is 11.2 Å². The average molecular weight is 200 g/mol. The Morgan fingerprint density at radius 1 is 1.21 bits per heavy atom. The normalized spacial score (nSPS) is 12.2. The Morgan fingerprint density at radius 2 is 1.93 bits per heavy atom. The summed E-state index contributed by atoms with van der Waals surface area (Å²) in [6, 6.07) is 3.99. The molecule has 0 aliphatic heterocycles. The van der Waals surface area contributed by atoms with Crippen LogP contribution in [0.4, 0.5) is 18.9 Å². The molecule has 74 valence electrons. The van der Waals surface area contributed by atoms with Crippen molar-refractivity contribution in [1.29, 1.82) is 0 Å². The molecule has 1 aromatic heterocycles. The molecule has 5 heteroatoms. The van der Waals surface area contributed by atoms with Gasteiger partial charge in [0, 0.05) is 17.3 Å². The molecule has 2 rings (SSSR count). The third-order valence-electron chi connectivity index (χ3n) is 1.99. The number of fused-ring (bicyclic) bond motifs is 1. The Labute approximate surface area is 77.5 Å². The molecule has 0 saturated carbocycles. The highest BCUT2D eigenvalue weighted by molar-refractivity contribution is 5.86. The van der Waals surface area contributed by atoms with Crippen molar-refractivity contribution in [2.24, 2.45) is 0 Å². The van der Waals surface area contributed by atoms with E-state index in [0.29, 0.717) is 5.39 Å². The molecule has 0 unspecified atom stereocenters. The largest absolute Gasteiger partial charge is 0.418 e. The zero-order valence-electron chi connectivity index (χ0n) is 7.02. The Kier molecular flexibility index (Phi) is 1.70. The molecule has 3 N–H and O–H groups in total. The molecule has 0 radical (unpaired) electrons. The fourth-order valence-corrected chi connectivity index (χ4v) is 1.42. The number of nitrogens with one attached hydrogen (secondary N) is 1. The van der Waals surface area contributed by atoms with E-state index in [4.69, 9.17) is 5.73 Å². The highest BCUT2D eigenvalue weighted by Crippen LogP contribution is 2.35. The number of alkyl halides is 3. The first-order valence-corrected chi connectivity index (χ1v) is 3.92. The van der Waals surface area contributed by atoms with Crippen LogP contribution < -0.4 is 5.73 Å². The van der Waals surface area contributed by atoms with E-state index in [1.807, 2.05) is 0 Å². The SMILES string of the molecule is Nc1cc(C(F)(F)F)c2[nH]ccc2c1. The third kappa shape index (κ3) is 1.30. The van der Waals surface area contributed by atoms with E-state index in [1.54, 1.807) is 6.07 Å². The Bertz CT molecular complexity index is 470. The predicted molar refractivity (Wildman–Crippen MR) is 47.7 cm³/mol. The minimum Gasteiger partial charge on any atom is -0.399 e. The minimum atomic E-state index is -4.38. The molecule has 14 heavy (non-hydrogen) atoms. The van der Waals surface area contributed by atoms with Crippen molar-refractivity contribution in [3.05, 3.63) is 30.0 Å². The van der Waals surface area contributed by atoms with Crippen molar-refractivity contribution in [3.8, 4) is 0 Å². The van der Waals surface area contributed by atoms with Crippen molar-refractivity contribution in [2.75, 3.05) is 5.73 Å². The molecule has 2 nitrogen and oxygen atoms in total. The van der Waals surface area contributed by atoms with Gasteiger partial charge in [-0.2, -0.15) is 13.2 Å². The number of halogens is 3. The number of benzene rings is 1. The van der Waals surface area contributed by atoms with Gasteiger partial charge in [-0.3, -0.25) is 0 Å². The van der Waals surface area contributed by atoms with Gasteiger partial charge in [0.15, 0.2) is 0 Å². The Balaban J connectivity index is 2.80. The van der Waals surface area contributed by atoms with E-state index < -0.39 is 11.7 Å². The number of nitrogen functional groups attached to an aromatic ring is 1. The maximum atomic E-state index is 12.5. The first-order chi connectivity index (χ1) is 6.48. The summed E-state index contributed by atoms with van der Waals surface area (Å²) in [6.07, 6.45) is -2.92. The molecule has 0 aliphatic carbocycles. The molecular formula is C9H7F3N2. The zero-order chi connectivity index (χ0) is 10.3. The van der Waals surface area contributed by atoms with Gasteiger partial charge in [-0.1, -0.05) is 0 Å². The first-order valence-electron chi connectivity index (χ1n) is 3.92. The maximum Gasteiger partial charge on any atom is 0.418 e. The fraction of sp³-hybridized carbons (Fsp3) is 0.111. The quantitative estimate of drug-likeness (QED) is 0.631. The molecular weight excluding hydrogens is 193 g/mol. The van der Waals surface area contributed by atoms with Crippen LogP contribution in [0.2, 0.25) is 0 Å². The zero-order valence-corrected chi connectivity index (χ0v) is 7.02. The van der Waals surface area contributed by atoms with Crippen LogP contribution >= 0.6 is 0 Å². The van der Waals surface area contributed by atoms with Gasteiger partial charge in [-0.05, 0) is 18.2 Å². The number of nitrogens with two attached hydrogens (primary N) is 1. The van der Waals surface area contributed by atoms with Crippen LogP contribution in [-0.4, -0.2) is 4.98 Å². The van der Waals surface area contributed by atoms with Crippen molar-refractivity contribution >= 4 is 16.6 Å². The molecule has 0 amide bonds. The molecule has 0 fully saturated rings. The van der Waals surface area contributed by atoms with Crippen LogP contribution in [0.3, 0.4) is 0 Å². The number of hydrogen-bond donors (Lipinski definition) is 2. The highest BCUT2D eigenvalue weighted by atomic mass is 19.4. The van der Waals surface area contributed by atoms with Gasteiger partial charge in [0.25, 0.3) is 0 Å². The number of hydrogen-bond acceptors (Lipinski definition) is 1. The van der Waals surface area contributed by atoms with Gasteiger partial charge in [-0.15, -0.1) is 0 Å². The molecule has 0 saturated heterocycles. The summed E-state index contributed by atoms with van der Waals surface area (Å²) in [6.45, 7) is 0. The molecule has 0 spiro atoms. The minimum absolute atomic E-state index is 0.0756. The van der Waals surface area contributed by atoms with E-state index in [0.717, 1.165) is 6.07 Å². The lowest BCUT2D eigenvalue weighted by Crippen LogP contribution is -2.06. The summed E-state index contributed by atoms with van der Waals surface area (Å²) in [5.74, 6) is 0. The molecule has 0 bridgehead atoms. The van der Waals surface area contributed by atoms with Crippen LogP contribution in [0.15, 0.2) is 24.4 Å². The van der Waals surface area contributed by atoms with Gasteiger partial charge >= 0.3 is 6.18 Å². The molecule has 0 aliphatic rings. The Hall–Kier alpha value is -1.65. The van der Waals surface area contributed by atoms with Gasteiger partial charge in [0.05, 0.1) is 11.1 Å². The monoisotopic (exact) mass is 200 g/mol. The molecule has 1 aromatic carbocycles. The van der Waals surface area contributed by atoms with Gasteiger partial charge in [-0.25, -0.2) is 0 Å². The lowest BCUT2D eigenvalue weighted by atomic mass is 10.1. The molecule has 0 atom stereocenters. The second kappa shape index (κ2) is 2.67. The summed E-state index contributed by atoms with van der Waals surface area (Å²) >= 11 is 0. The number of aromatic amines is 1. The van der Waals surface area contributed by atoms with Gasteiger partial charge in [0.2, 0.25) is 0 Å². The summed E-state index contributed by atoms with van der Waals surface area (Å²) in [7, 11) is 0. The number of anilines is 1. The fourth-order valence-electron chi connectivity index (χ4n) is 1.42. The second-order valence-electron chi connectivity index (χ2n) is 3.01. The number of H-pyrrole nitrogens is 1. The van der Waals surface area contributed by atoms with E-state index in [2.05, 4.69) is 4.98 Å². The third-order valence-corrected chi connectivity index (χ3v) is 1.99. The molecule has 2 aromatic rings. The van der Waals surface area contributed by atoms with E-state index in [9.17, 15) is 13.2 Å². The Morgan fingerprint density at radius 3 is 2.57 bits per heavy atom. The van der Waals surface area contributed by atoms with Gasteiger partial charge in [0.1, 0.15) is 0 Å². The number of rotatable bonds is 0. The second-order valence-corrected chi connectivity index (χ2v) is 3.01. The van der Waals surface area contributed by atoms with Crippen LogP contribution in [0.5, 0.6) is 0 Å². The topological polar surface area (TPSA) is 41.8 Å². The van der Waals surface area contributed by atoms with Crippen LogP contribution in [-0.2, 0) is 6.18 Å². The number of aromatic nitrogens is 1. The van der Waals surface area contributed by atoms with Crippen molar-refractivity contribution in [1.82, 2.24) is 4.98 Å². The predicted octanol–water partition coefficient (Wildman–Crippen LogP) is 2.77. The average Bonchev–Trinajstić information content (AvgIpc) is 2.47. The van der Waals surface area contributed by atoms with E-state index >= 15 is 0 Å². The highest BCUT2D eigenvalue weighted by Gasteiger charge is 2.33. The maximum absolute atomic E-state index is 12.5. The van der Waals surface area contributed by atoms with Crippen LogP contribution in [0.25, 0.3) is 10.9 Å². The standard InChI is InChI=1S/C9H7F3N2/c10-9(11,12)7-4-6(13)3-5-1-2-14-8(5)7/h1-4,14H,13H2. The smallest absolute Gasteiger partial charge is 0.399 e. The van der Waals surface area contributed by atoms with Gasteiger partial charge < -0.3 is 10.7 Å².